The maximum Gasteiger partial charge on any atom is 0.417 e. The number of carbonyl (C=O) groups excluding carboxylic acids is 1. The minimum atomic E-state index is -0.480. The van der Waals surface area contributed by atoms with Crippen LogP contribution >= 0.6 is 0 Å². The fourth-order valence-electron chi connectivity index (χ4n) is 3.91. The molecular formula is C26H31N5O3. The lowest BCUT2D eigenvalue weighted by molar-refractivity contribution is 0.178. The van der Waals surface area contributed by atoms with Gasteiger partial charge in [0.1, 0.15) is 23.9 Å². The molecule has 4 rings (SSSR count). The lowest BCUT2D eigenvalue weighted by atomic mass is 9.81. The summed E-state index contributed by atoms with van der Waals surface area (Å²) < 4.78 is 11.2. The molecule has 1 aliphatic heterocycles. The van der Waals surface area contributed by atoms with Crippen molar-refractivity contribution in [1.82, 2.24) is 15.0 Å². The second-order valence-electron chi connectivity index (χ2n) is 8.94. The molecule has 2 heterocycles. The molecule has 1 N–H and O–H groups in total. The number of hydrogen-bond donors (Lipinski definition) is 1. The average molecular weight is 462 g/mol. The molecule has 8 nitrogen and oxygen atoms in total. The lowest BCUT2D eigenvalue weighted by Crippen LogP contribution is -2.39. The summed E-state index contributed by atoms with van der Waals surface area (Å²) in [5.74, 6) is 3.00. The van der Waals surface area contributed by atoms with Gasteiger partial charge in [-0.05, 0) is 56.0 Å². The molecule has 34 heavy (non-hydrogen) atoms. The number of rotatable bonds is 8. The van der Waals surface area contributed by atoms with Crippen LogP contribution in [0.15, 0.2) is 54.6 Å². The zero-order valence-electron chi connectivity index (χ0n) is 20.3. The van der Waals surface area contributed by atoms with Crippen molar-refractivity contribution >= 4 is 18.0 Å². The number of amides is 1. The van der Waals surface area contributed by atoms with Crippen molar-refractivity contribution in [3.8, 4) is 11.5 Å². The van der Waals surface area contributed by atoms with Gasteiger partial charge in [-0.25, -0.2) is 9.69 Å². The van der Waals surface area contributed by atoms with Crippen molar-refractivity contribution in [2.24, 2.45) is 5.92 Å². The highest BCUT2D eigenvalue weighted by atomic mass is 16.6. The Labute approximate surface area is 200 Å². The van der Waals surface area contributed by atoms with Crippen LogP contribution in [-0.4, -0.2) is 33.7 Å². The lowest BCUT2D eigenvalue weighted by Gasteiger charge is -2.36. The maximum absolute atomic E-state index is 12.3. The van der Waals surface area contributed by atoms with Crippen LogP contribution in [-0.2, 0) is 10.3 Å². The molecule has 8 heteroatoms. The Morgan fingerprint density at radius 1 is 1.09 bits per heavy atom. The van der Waals surface area contributed by atoms with Crippen LogP contribution in [0, 0.1) is 12.8 Å². The molecule has 0 unspecified atom stereocenters. The number of ether oxygens (including phenoxy) is 2. The topological polar surface area (TPSA) is 89.5 Å². The number of aromatic nitrogens is 3. The quantitative estimate of drug-likeness (QED) is 0.461. The summed E-state index contributed by atoms with van der Waals surface area (Å²) in [5.41, 5.74) is 0.584. The van der Waals surface area contributed by atoms with E-state index in [4.69, 9.17) is 9.47 Å². The molecule has 0 spiro atoms. The van der Waals surface area contributed by atoms with Crippen molar-refractivity contribution in [3.05, 3.63) is 66.0 Å². The van der Waals surface area contributed by atoms with Gasteiger partial charge in [0.15, 0.2) is 0 Å². The van der Waals surface area contributed by atoms with Crippen LogP contribution in [0.5, 0.6) is 11.5 Å². The van der Waals surface area contributed by atoms with Gasteiger partial charge < -0.3 is 14.8 Å². The molecule has 1 saturated heterocycles. The van der Waals surface area contributed by atoms with Crippen molar-refractivity contribution in [2.45, 2.75) is 52.6 Å². The molecule has 0 saturated carbocycles. The van der Waals surface area contributed by atoms with E-state index in [0.717, 1.165) is 23.5 Å². The Bertz CT molecular complexity index is 1140. The molecule has 178 valence electrons. The number of cyclic esters (lactones) is 1. The van der Waals surface area contributed by atoms with E-state index in [-0.39, 0.29) is 12.0 Å². The Balaban J connectivity index is 1.60. The summed E-state index contributed by atoms with van der Waals surface area (Å²) in [6.45, 7) is 10.5. The number of carbonyl (C=O) groups is 1. The highest BCUT2D eigenvalue weighted by Crippen LogP contribution is 2.34. The Morgan fingerprint density at radius 3 is 2.41 bits per heavy atom. The molecule has 2 aromatic carbocycles. The Kier molecular flexibility index (Phi) is 6.68. The first-order valence-electron chi connectivity index (χ1n) is 11.6. The molecule has 1 amide bonds. The van der Waals surface area contributed by atoms with Crippen molar-refractivity contribution in [1.29, 1.82) is 0 Å². The SMILES string of the molecule is CC[C@H]1COC(=O)N1c1nc(C)nc(N[C@](C)(c2ccc(Oc3ccccc3)cc2)C(C)C)n1. The van der Waals surface area contributed by atoms with E-state index in [9.17, 15) is 4.79 Å². The number of anilines is 2. The summed E-state index contributed by atoms with van der Waals surface area (Å²) in [5, 5.41) is 3.51. The standard InChI is InChI=1S/C26H31N5O3/c1-6-20-16-33-25(32)31(20)24-28-18(4)27-23(29-24)30-26(5,17(2)3)19-12-14-22(15-13-19)34-21-10-8-7-9-11-21/h7-15,17,20H,6,16H2,1-5H3,(H,27,28,29,30)/t20-,26-/m0/s1. The van der Waals surface area contributed by atoms with Gasteiger partial charge in [-0.2, -0.15) is 15.0 Å². The third-order valence-corrected chi connectivity index (χ3v) is 6.34. The van der Waals surface area contributed by atoms with E-state index < -0.39 is 11.6 Å². The van der Waals surface area contributed by atoms with Crippen LogP contribution in [0.4, 0.5) is 16.7 Å². The molecule has 0 radical (unpaired) electrons. The summed E-state index contributed by atoms with van der Waals surface area (Å²) in [6, 6.07) is 17.6. The molecule has 0 bridgehead atoms. The monoisotopic (exact) mass is 461 g/mol. The number of para-hydroxylation sites is 1. The number of benzene rings is 2. The van der Waals surface area contributed by atoms with E-state index in [1.807, 2.05) is 61.5 Å². The van der Waals surface area contributed by atoms with E-state index in [1.165, 1.54) is 4.90 Å². The second kappa shape index (κ2) is 9.67. The molecule has 0 aliphatic carbocycles. The number of aryl methyl sites for hydroxylation is 1. The largest absolute Gasteiger partial charge is 0.457 e. The number of nitrogens with zero attached hydrogens (tertiary/aromatic N) is 4. The summed E-state index contributed by atoms with van der Waals surface area (Å²) in [4.78, 5) is 27.3. The summed E-state index contributed by atoms with van der Waals surface area (Å²) in [6.07, 6.45) is 0.324. The number of nitrogens with one attached hydrogen (secondary N) is 1. The fourth-order valence-corrected chi connectivity index (χ4v) is 3.91. The zero-order valence-corrected chi connectivity index (χ0v) is 20.3. The van der Waals surface area contributed by atoms with Gasteiger partial charge in [0.25, 0.3) is 0 Å². The first kappa shape index (κ1) is 23.5. The Hall–Kier alpha value is -3.68. The van der Waals surface area contributed by atoms with E-state index in [1.54, 1.807) is 6.92 Å². The van der Waals surface area contributed by atoms with E-state index in [2.05, 4.69) is 41.0 Å². The third-order valence-electron chi connectivity index (χ3n) is 6.34. The summed E-state index contributed by atoms with van der Waals surface area (Å²) in [7, 11) is 0. The minimum Gasteiger partial charge on any atom is -0.457 e. The van der Waals surface area contributed by atoms with Gasteiger partial charge in [-0.15, -0.1) is 0 Å². The molecular weight excluding hydrogens is 430 g/mol. The smallest absolute Gasteiger partial charge is 0.417 e. The normalized spacial score (nSPS) is 17.4. The first-order valence-corrected chi connectivity index (χ1v) is 11.6. The van der Waals surface area contributed by atoms with Crippen LogP contribution in [0.3, 0.4) is 0 Å². The van der Waals surface area contributed by atoms with Crippen LogP contribution in [0.2, 0.25) is 0 Å². The van der Waals surface area contributed by atoms with Crippen LogP contribution in [0.1, 0.15) is 45.5 Å². The highest BCUT2D eigenvalue weighted by molar-refractivity contribution is 5.88. The molecule has 3 aromatic rings. The highest BCUT2D eigenvalue weighted by Gasteiger charge is 2.36. The van der Waals surface area contributed by atoms with Gasteiger partial charge in [-0.1, -0.05) is 51.1 Å². The van der Waals surface area contributed by atoms with Crippen molar-refractivity contribution in [2.75, 3.05) is 16.8 Å². The predicted molar refractivity (Wildman–Crippen MR) is 131 cm³/mol. The zero-order chi connectivity index (χ0) is 24.3. The molecule has 1 aliphatic rings. The number of hydrogen-bond acceptors (Lipinski definition) is 7. The van der Waals surface area contributed by atoms with Gasteiger partial charge in [0.2, 0.25) is 11.9 Å². The Morgan fingerprint density at radius 2 is 1.76 bits per heavy atom. The molecule has 2 atom stereocenters. The minimum absolute atomic E-state index is 0.0872. The van der Waals surface area contributed by atoms with Gasteiger partial charge in [-0.3, -0.25) is 0 Å². The summed E-state index contributed by atoms with van der Waals surface area (Å²) >= 11 is 0. The average Bonchev–Trinajstić information content (AvgIpc) is 3.20. The third kappa shape index (κ3) is 4.81. The van der Waals surface area contributed by atoms with Gasteiger partial charge >= 0.3 is 6.09 Å². The van der Waals surface area contributed by atoms with Crippen molar-refractivity contribution < 1.29 is 14.3 Å². The second-order valence-corrected chi connectivity index (χ2v) is 8.94. The molecule has 1 fully saturated rings. The first-order chi connectivity index (χ1) is 16.3. The predicted octanol–water partition coefficient (Wildman–Crippen LogP) is 5.69. The maximum atomic E-state index is 12.3. The van der Waals surface area contributed by atoms with Gasteiger partial charge in [0, 0.05) is 0 Å². The van der Waals surface area contributed by atoms with E-state index in [0.29, 0.717) is 24.3 Å². The molecule has 1 aromatic heterocycles. The van der Waals surface area contributed by atoms with E-state index >= 15 is 0 Å². The fraction of sp³-hybridized carbons (Fsp3) is 0.385. The van der Waals surface area contributed by atoms with Crippen molar-refractivity contribution in [3.63, 3.8) is 0 Å². The van der Waals surface area contributed by atoms with Crippen LogP contribution in [0.25, 0.3) is 0 Å². The van der Waals surface area contributed by atoms with Crippen LogP contribution < -0.4 is 15.0 Å². The van der Waals surface area contributed by atoms with Gasteiger partial charge in [0.05, 0.1) is 11.6 Å².